The van der Waals surface area contributed by atoms with Crippen molar-refractivity contribution >= 4 is 35.1 Å². The second kappa shape index (κ2) is 12.9. The molecule has 0 unspecified atom stereocenters. The summed E-state index contributed by atoms with van der Waals surface area (Å²) in [6.45, 7) is 7.58. The first kappa shape index (κ1) is 25.5. The number of benzene rings is 2. The van der Waals surface area contributed by atoms with Gasteiger partial charge in [-0.1, -0.05) is 79.2 Å². The summed E-state index contributed by atoms with van der Waals surface area (Å²) < 4.78 is 0. The number of hydrogen-bond donors (Lipinski definition) is 1. The van der Waals surface area contributed by atoms with Gasteiger partial charge in [-0.25, -0.2) is 9.97 Å². The number of nitrogens with one attached hydrogen (secondary N) is 1. The minimum absolute atomic E-state index is 0.0238. The summed E-state index contributed by atoms with van der Waals surface area (Å²) in [5.74, 6) is 1.57. The zero-order valence-corrected chi connectivity index (χ0v) is 21.7. The van der Waals surface area contributed by atoms with E-state index in [0.717, 1.165) is 56.9 Å². The van der Waals surface area contributed by atoms with E-state index in [2.05, 4.69) is 57.4 Å². The molecule has 0 radical (unpaired) electrons. The van der Waals surface area contributed by atoms with Crippen molar-refractivity contribution in [1.82, 2.24) is 20.2 Å². The Morgan fingerprint density at radius 1 is 1.00 bits per heavy atom. The lowest BCUT2D eigenvalue weighted by atomic mass is 10.1. The fourth-order valence-corrected chi connectivity index (χ4v) is 5.01. The molecule has 1 amide bonds. The third kappa shape index (κ3) is 7.69. The summed E-state index contributed by atoms with van der Waals surface area (Å²) in [4.78, 5) is 26.1. The second-order valence-electron chi connectivity index (χ2n) is 8.68. The molecule has 35 heavy (non-hydrogen) atoms. The number of anilines is 1. The first-order valence-corrected chi connectivity index (χ1v) is 13.5. The van der Waals surface area contributed by atoms with Gasteiger partial charge in [0.15, 0.2) is 5.16 Å². The molecule has 2 heterocycles. The SMILES string of the molecule is CCCCNC(=O)c1ccc(CSc2nc(Cl)cc(N3CCN(Cc4ccccc4)CC3)n2)cc1. The average molecular weight is 510 g/mol. The van der Waals surface area contributed by atoms with Crippen molar-refractivity contribution < 1.29 is 4.79 Å². The van der Waals surface area contributed by atoms with Crippen molar-refractivity contribution in [3.05, 3.63) is 82.5 Å². The maximum Gasteiger partial charge on any atom is 0.251 e. The Morgan fingerprint density at radius 3 is 2.46 bits per heavy atom. The van der Waals surface area contributed by atoms with Gasteiger partial charge in [0, 0.05) is 56.7 Å². The highest BCUT2D eigenvalue weighted by Crippen LogP contribution is 2.25. The molecule has 6 nitrogen and oxygen atoms in total. The maximum absolute atomic E-state index is 12.2. The summed E-state index contributed by atoms with van der Waals surface area (Å²) >= 11 is 7.90. The van der Waals surface area contributed by atoms with Crippen molar-refractivity contribution in [3.8, 4) is 0 Å². The first-order valence-electron chi connectivity index (χ1n) is 12.2. The van der Waals surface area contributed by atoms with Gasteiger partial charge in [-0.3, -0.25) is 9.69 Å². The highest BCUT2D eigenvalue weighted by atomic mass is 35.5. The largest absolute Gasteiger partial charge is 0.354 e. The van der Waals surface area contributed by atoms with Gasteiger partial charge in [0.25, 0.3) is 5.91 Å². The monoisotopic (exact) mass is 509 g/mol. The molecule has 1 fully saturated rings. The molecule has 3 aromatic rings. The number of amides is 1. The van der Waals surface area contributed by atoms with E-state index in [1.807, 2.05) is 30.3 Å². The molecule has 8 heteroatoms. The van der Waals surface area contributed by atoms with E-state index in [-0.39, 0.29) is 5.91 Å². The lowest BCUT2D eigenvalue weighted by Crippen LogP contribution is -2.46. The lowest BCUT2D eigenvalue weighted by molar-refractivity contribution is 0.0953. The van der Waals surface area contributed by atoms with Gasteiger partial charge in [-0.2, -0.15) is 0 Å². The molecular formula is C27H32ClN5OS. The molecule has 0 aliphatic carbocycles. The number of halogens is 1. The van der Waals surface area contributed by atoms with Crippen molar-refractivity contribution in [2.45, 2.75) is 37.2 Å². The summed E-state index contributed by atoms with van der Waals surface area (Å²) in [5.41, 5.74) is 3.14. The molecular weight excluding hydrogens is 478 g/mol. The number of carbonyl (C=O) groups excluding carboxylic acids is 1. The third-order valence-electron chi connectivity index (χ3n) is 6.01. The normalized spacial score (nSPS) is 14.2. The number of thioether (sulfide) groups is 1. The first-order chi connectivity index (χ1) is 17.1. The summed E-state index contributed by atoms with van der Waals surface area (Å²) in [6.07, 6.45) is 2.06. The molecule has 1 aromatic heterocycles. The molecule has 1 N–H and O–H groups in total. The fourth-order valence-electron chi connectivity index (χ4n) is 3.97. The van der Waals surface area contributed by atoms with E-state index in [9.17, 15) is 4.79 Å². The van der Waals surface area contributed by atoms with E-state index >= 15 is 0 Å². The van der Waals surface area contributed by atoms with Crippen LogP contribution in [0.3, 0.4) is 0 Å². The summed E-state index contributed by atoms with van der Waals surface area (Å²) in [7, 11) is 0. The van der Waals surface area contributed by atoms with Crippen molar-refractivity contribution in [2.75, 3.05) is 37.6 Å². The molecule has 1 saturated heterocycles. The number of aromatic nitrogens is 2. The van der Waals surface area contributed by atoms with Crippen LogP contribution in [-0.4, -0.2) is 53.5 Å². The molecule has 1 aliphatic rings. The van der Waals surface area contributed by atoms with Gasteiger partial charge in [0.2, 0.25) is 0 Å². The van der Waals surface area contributed by atoms with Crippen LogP contribution in [0.2, 0.25) is 5.15 Å². The van der Waals surface area contributed by atoms with Crippen LogP contribution in [0.5, 0.6) is 0 Å². The summed E-state index contributed by atoms with van der Waals surface area (Å²) in [5, 5.41) is 4.08. The van der Waals surface area contributed by atoms with E-state index in [4.69, 9.17) is 16.6 Å². The van der Waals surface area contributed by atoms with Crippen molar-refractivity contribution in [1.29, 1.82) is 0 Å². The minimum atomic E-state index is -0.0238. The van der Waals surface area contributed by atoms with Gasteiger partial charge in [0.1, 0.15) is 11.0 Å². The molecule has 184 valence electrons. The average Bonchev–Trinajstić information content (AvgIpc) is 2.88. The Labute approximate surface area is 217 Å². The van der Waals surface area contributed by atoms with Gasteiger partial charge in [0.05, 0.1) is 0 Å². The van der Waals surface area contributed by atoms with Gasteiger partial charge >= 0.3 is 0 Å². The Kier molecular flexibility index (Phi) is 9.40. The van der Waals surface area contributed by atoms with Crippen LogP contribution < -0.4 is 10.2 Å². The van der Waals surface area contributed by atoms with Gasteiger partial charge in [-0.15, -0.1) is 0 Å². The minimum Gasteiger partial charge on any atom is -0.354 e. The van der Waals surface area contributed by atoms with Crippen LogP contribution in [0.1, 0.15) is 41.3 Å². The number of hydrogen-bond acceptors (Lipinski definition) is 6. The van der Waals surface area contributed by atoms with Crippen molar-refractivity contribution in [2.24, 2.45) is 0 Å². The van der Waals surface area contributed by atoms with Gasteiger partial charge in [-0.05, 0) is 29.7 Å². The quantitative estimate of drug-likeness (QED) is 0.174. The van der Waals surface area contributed by atoms with E-state index < -0.39 is 0 Å². The highest BCUT2D eigenvalue weighted by molar-refractivity contribution is 7.98. The van der Waals surface area contributed by atoms with Crippen LogP contribution in [0.15, 0.2) is 65.8 Å². The molecule has 4 rings (SSSR count). The lowest BCUT2D eigenvalue weighted by Gasteiger charge is -2.35. The predicted molar refractivity (Wildman–Crippen MR) is 144 cm³/mol. The molecule has 0 bridgehead atoms. The Bertz CT molecular complexity index is 1090. The molecule has 0 spiro atoms. The number of nitrogens with zero attached hydrogens (tertiary/aromatic N) is 4. The standard InChI is InChI=1S/C27H32ClN5OS/c1-2-3-13-29-26(34)23-11-9-22(10-12-23)20-35-27-30-24(28)18-25(31-27)33-16-14-32(15-17-33)19-21-7-5-4-6-8-21/h4-12,18H,2-3,13-17,19-20H2,1H3,(H,29,34). The molecule has 2 aromatic carbocycles. The zero-order valence-electron chi connectivity index (χ0n) is 20.1. The van der Waals surface area contributed by atoms with E-state index in [0.29, 0.717) is 28.2 Å². The van der Waals surface area contributed by atoms with E-state index in [1.165, 1.54) is 5.56 Å². The Balaban J connectivity index is 1.30. The third-order valence-corrected chi connectivity index (χ3v) is 7.12. The van der Waals surface area contributed by atoms with Crippen LogP contribution in [-0.2, 0) is 12.3 Å². The fraction of sp³-hybridized carbons (Fsp3) is 0.370. The molecule has 1 aliphatic heterocycles. The Hall–Kier alpha value is -2.61. The van der Waals surface area contributed by atoms with E-state index in [1.54, 1.807) is 11.8 Å². The number of piperazine rings is 1. The zero-order chi connectivity index (χ0) is 24.5. The second-order valence-corrected chi connectivity index (χ2v) is 10.0. The van der Waals surface area contributed by atoms with Crippen molar-refractivity contribution in [3.63, 3.8) is 0 Å². The van der Waals surface area contributed by atoms with Crippen LogP contribution >= 0.6 is 23.4 Å². The summed E-state index contributed by atoms with van der Waals surface area (Å²) in [6, 6.07) is 20.2. The number of rotatable bonds is 10. The predicted octanol–water partition coefficient (Wildman–Crippen LogP) is 5.27. The number of carbonyl (C=O) groups is 1. The maximum atomic E-state index is 12.2. The Morgan fingerprint density at radius 2 is 1.74 bits per heavy atom. The topological polar surface area (TPSA) is 61.4 Å². The molecule has 0 atom stereocenters. The highest BCUT2D eigenvalue weighted by Gasteiger charge is 2.19. The molecule has 0 saturated carbocycles. The van der Waals surface area contributed by atoms with Crippen LogP contribution in [0.25, 0.3) is 0 Å². The van der Waals surface area contributed by atoms with Crippen LogP contribution in [0.4, 0.5) is 5.82 Å². The smallest absolute Gasteiger partial charge is 0.251 e. The number of unbranched alkanes of at least 4 members (excludes halogenated alkanes) is 1. The van der Waals surface area contributed by atoms with Crippen LogP contribution in [0, 0.1) is 0 Å². The van der Waals surface area contributed by atoms with Gasteiger partial charge < -0.3 is 10.2 Å².